The Bertz CT molecular complexity index is 493. The molecule has 7 heteroatoms. The van der Waals surface area contributed by atoms with Crippen LogP contribution in [0.15, 0.2) is 0 Å². The Kier molecular flexibility index (Phi) is 3.42. The largest absolute Gasteiger partial charge is 0.397 e. The zero-order chi connectivity index (χ0) is 13.3. The number of thiophene rings is 1. The summed E-state index contributed by atoms with van der Waals surface area (Å²) < 4.78 is 0. The fraction of sp³-hybridized carbons (Fsp3) is 0.455. The molecule has 0 bridgehead atoms. The molecule has 6 N–H and O–H groups in total. The monoisotopic (exact) mass is 268 g/mol. The molecule has 1 aromatic heterocycles. The Labute approximate surface area is 109 Å². The van der Waals surface area contributed by atoms with Gasteiger partial charge in [0.05, 0.1) is 11.3 Å². The molecule has 1 aliphatic rings. The number of primary amides is 1. The van der Waals surface area contributed by atoms with E-state index in [2.05, 4.69) is 10.6 Å². The predicted molar refractivity (Wildman–Crippen MR) is 71.9 cm³/mol. The molecule has 0 spiro atoms. The van der Waals surface area contributed by atoms with Gasteiger partial charge >= 0.3 is 0 Å². The summed E-state index contributed by atoms with van der Waals surface area (Å²) in [6.45, 7) is 0. The first-order valence-electron chi connectivity index (χ1n) is 5.75. The van der Waals surface area contributed by atoms with Crippen molar-refractivity contribution in [2.24, 2.45) is 5.73 Å². The molecular formula is C11H16N4O2S. The Morgan fingerprint density at radius 3 is 2.50 bits per heavy atom. The fourth-order valence-corrected chi connectivity index (χ4v) is 2.86. The summed E-state index contributed by atoms with van der Waals surface area (Å²) in [5, 5.41) is 6.40. The van der Waals surface area contributed by atoms with Crippen LogP contribution >= 0.6 is 11.3 Å². The SMILES string of the molecule is CNC(=O)c1c(NC2CCC2)sc(C(N)=O)c1N. The van der Waals surface area contributed by atoms with Gasteiger partial charge in [-0.15, -0.1) is 11.3 Å². The van der Waals surface area contributed by atoms with E-state index in [1.807, 2.05) is 0 Å². The van der Waals surface area contributed by atoms with Gasteiger partial charge in [0.2, 0.25) is 0 Å². The van der Waals surface area contributed by atoms with Gasteiger partial charge in [-0.05, 0) is 19.3 Å². The first-order chi connectivity index (χ1) is 8.54. The quantitative estimate of drug-likeness (QED) is 0.646. The molecule has 0 aromatic carbocycles. The first-order valence-corrected chi connectivity index (χ1v) is 6.57. The lowest BCUT2D eigenvalue weighted by Gasteiger charge is -2.27. The molecule has 2 rings (SSSR count). The average molecular weight is 268 g/mol. The van der Waals surface area contributed by atoms with Crippen molar-refractivity contribution in [2.75, 3.05) is 18.1 Å². The Hall–Kier alpha value is -1.76. The van der Waals surface area contributed by atoms with E-state index in [1.54, 1.807) is 0 Å². The molecule has 0 atom stereocenters. The molecule has 1 heterocycles. The predicted octanol–water partition coefficient (Wildman–Crippen LogP) is 0.753. The number of carbonyl (C=O) groups excluding carboxylic acids is 2. The van der Waals surface area contributed by atoms with E-state index in [1.165, 1.54) is 13.5 Å². The minimum absolute atomic E-state index is 0.161. The van der Waals surface area contributed by atoms with Crippen LogP contribution in [0.5, 0.6) is 0 Å². The molecular weight excluding hydrogens is 252 g/mol. The van der Waals surface area contributed by atoms with Crippen LogP contribution in [0.2, 0.25) is 0 Å². The summed E-state index contributed by atoms with van der Waals surface area (Å²) in [6, 6.07) is 0.354. The third kappa shape index (κ3) is 2.13. The van der Waals surface area contributed by atoms with Crippen molar-refractivity contribution in [3.63, 3.8) is 0 Å². The molecule has 1 fully saturated rings. The van der Waals surface area contributed by atoms with Crippen LogP contribution < -0.4 is 22.1 Å². The molecule has 0 saturated heterocycles. The van der Waals surface area contributed by atoms with Crippen molar-refractivity contribution in [3.8, 4) is 0 Å². The van der Waals surface area contributed by atoms with Gasteiger partial charge in [0.15, 0.2) is 0 Å². The number of amides is 2. The number of anilines is 2. The molecule has 1 aliphatic carbocycles. The first kappa shape index (κ1) is 12.7. The summed E-state index contributed by atoms with van der Waals surface area (Å²) in [4.78, 5) is 23.3. The van der Waals surface area contributed by atoms with Gasteiger partial charge in [0.25, 0.3) is 11.8 Å². The topological polar surface area (TPSA) is 110 Å². The number of nitrogens with two attached hydrogens (primary N) is 2. The third-order valence-corrected chi connectivity index (χ3v) is 4.21. The Morgan fingerprint density at radius 1 is 1.39 bits per heavy atom. The highest BCUT2D eigenvalue weighted by Crippen LogP contribution is 2.37. The van der Waals surface area contributed by atoms with Crippen molar-refractivity contribution < 1.29 is 9.59 Å². The Morgan fingerprint density at radius 2 is 2.06 bits per heavy atom. The number of carbonyl (C=O) groups is 2. The van der Waals surface area contributed by atoms with Crippen LogP contribution in [-0.4, -0.2) is 24.9 Å². The maximum Gasteiger partial charge on any atom is 0.260 e. The summed E-state index contributed by atoms with van der Waals surface area (Å²) in [5.74, 6) is -0.914. The van der Waals surface area contributed by atoms with Crippen molar-refractivity contribution in [1.29, 1.82) is 0 Å². The highest BCUT2D eigenvalue weighted by atomic mass is 32.1. The van der Waals surface area contributed by atoms with Gasteiger partial charge in [-0.25, -0.2) is 0 Å². The van der Waals surface area contributed by atoms with Crippen molar-refractivity contribution >= 4 is 33.8 Å². The summed E-state index contributed by atoms with van der Waals surface area (Å²) in [7, 11) is 1.52. The Balaban J connectivity index is 2.38. The molecule has 1 saturated carbocycles. The lowest BCUT2D eigenvalue weighted by molar-refractivity contribution is 0.0964. The van der Waals surface area contributed by atoms with E-state index in [4.69, 9.17) is 11.5 Å². The molecule has 1 aromatic rings. The zero-order valence-electron chi connectivity index (χ0n) is 10.1. The lowest BCUT2D eigenvalue weighted by atomic mass is 9.93. The summed E-state index contributed by atoms with van der Waals surface area (Å²) >= 11 is 1.14. The highest BCUT2D eigenvalue weighted by molar-refractivity contribution is 7.19. The molecule has 6 nitrogen and oxygen atoms in total. The molecule has 0 radical (unpaired) electrons. The van der Waals surface area contributed by atoms with Gasteiger partial charge in [-0.1, -0.05) is 0 Å². The molecule has 0 unspecified atom stereocenters. The second-order valence-electron chi connectivity index (χ2n) is 4.26. The number of hydrogen-bond donors (Lipinski definition) is 4. The van der Waals surface area contributed by atoms with Gasteiger partial charge in [0, 0.05) is 13.1 Å². The van der Waals surface area contributed by atoms with Crippen molar-refractivity contribution in [1.82, 2.24) is 5.32 Å². The molecule has 0 aliphatic heterocycles. The lowest BCUT2D eigenvalue weighted by Crippen LogP contribution is -2.28. The third-order valence-electron chi connectivity index (χ3n) is 3.06. The van der Waals surface area contributed by atoms with E-state index in [9.17, 15) is 9.59 Å². The summed E-state index contributed by atoms with van der Waals surface area (Å²) in [6.07, 6.45) is 3.31. The smallest absolute Gasteiger partial charge is 0.260 e. The summed E-state index contributed by atoms with van der Waals surface area (Å²) in [5.41, 5.74) is 11.6. The minimum Gasteiger partial charge on any atom is -0.397 e. The second-order valence-corrected chi connectivity index (χ2v) is 5.29. The van der Waals surface area contributed by atoms with Crippen LogP contribution in [0.3, 0.4) is 0 Å². The maximum absolute atomic E-state index is 11.8. The zero-order valence-corrected chi connectivity index (χ0v) is 10.9. The van der Waals surface area contributed by atoms with Gasteiger partial charge in [-0.2, -0.15) is 0 Å². The standard InChI is InChI=1S/C11H16N4O2S/c1-14-10(17)6-7(12)8(9(13)16)18-11(6)15-5-3-2-4-5/h5,15H,2-4,12H2,1H3,(H2,13,16)(H,14,17). The van der Waals surface area contributed by atoms with Crippen LogP contribution in [0.25, 0.3) is 0 Å². The van der Waals surface area contributed by atoms with E-state index >= 15 is 0 Å². The van der Waals surface area contributed by atoms with E-state index in [-0.39, 0.29) is 16.5 Å². The number of rotatable bonds is 4. The average Bonchev–Trinajstić information content (AvgIpc) is 2.60. The second kappa shape index (κ2) is 4.85. The number of nitrogens with one attached hydrogen (secondary N) is 2. The van der Waals surface area contributed by atoms with E-state index in [0.29, 0.717) is 16.6 Å². The van der Waals surface area contributed by atoms with Crippen molar-refractivity contribution in [2.45, 2.75) is 25.3 Å². The fourth-order valence-electron chi connectivity index (χ4n) is 1.82. The number of hydrogen-bond acceptors (Lipinski definition) is 5. The van der Waals surface area contributed by atoms with Crippen LogP contribution in [0, 0.1) is 0 Å². The van der Waals surface area contributed by atoms with Crippen LogP contribution in [0.4, 0.5) is 10.7 Å². The van der Waals surface area contributed by atoms with E-state index in [0.717, 1.165) is 24.2 Å². The number of nitrogen functional groups attached to an aromatic ring is 1. The molecule has 2 amide bonds. The van der Waals surface area contributed by atoms with Gasteiger partial charge in [-0.3, -0.25) is 9.59 Å². The highest BCUT2D eigenvalue weighted by Gasteiger charge is 2.26. The molecule has 98 valence electrons. The maximum atomic E-state index is 11.8. The van der Waals surface area contributed by atoms with Gasteiger partial charge < -0.3 is 22.1 Å². The van der Waals surface area contributed by atoms with E-state index < -0.39 is 5.91 Å². The van der Waals surface area contributed by atoms with Gasteiger partial charge in [0.1, 0.15) is 9.88 Å². The van der Waals surface area contributed by atoms with Crippen LogP contribution in [-0.2, 0) is 0 Å². The van der Waals surface area contributed by atoms with Crippen molar-refractivity contribution in [3.05, 3.63) is 10.4 Å². The minimum atomic E-state index is -0.607. The molecule has 18 heavy (non-hydrogen) atoms. The van der Waals surface area contributed by atoms with Crippen LogP contribution in [0.1, 0.15) is 39.3 Å². The normalized spacial score (nSPS) is 14.9.